The zero-order chi connectivity index (χ0) is 12.4. The van der Waals surface area contributed by atoms with Crippen LogP contribution in [-0.2, 0) is 13.1 Å². The second kappa shape index (κ2) is 4.94. The van der Waals surface area contributed by atoms with E-state index in [1.54, 1.807) is 12.1 Å². The molecule has 1 aliphatic carbocycles. The fourth-order valence-electron chi connectivity index (χ4n) is 2.09. The fraction of sp³-hybridized carbons (Fsp3) is 0.333. The third kappa shape index (κ3) is 2.99. The van der Waals surface area contributed by atoms with Crippen molar-refractivity contribution in [3.63, 3.8) is 0 Å². The fourth-order valence-corrected chi connectivity index (χ4v) is 2.09. The highest BCUT2D eigenvalue weighted by Gasteiger charge is 2.19. The van der Waals surface area contributed by atoms with Crippen LogP contribution in [0.2, 0.25) is 0 Å². The first-order chi connectivity index (χ1) is 8.79. The lowest BCUT2D eigenvalue weighted by atomic mass is 10.2. The molecule has 1 aliphatic rings. The molecule has 2 nitrogen and oxygen atoms in total. The van der Waals surface area contributed by atoms with Crippen LogP contribution in [0.15, 0.2) is 42.7 Å². The molecule has 18 heavy (non-hydrogen) atoms. The Hall–Kier alpha value is -1.61. The molecule has 0 spiro atoms. The Balaban J connectivity index is 1.61. The lowest BCUT2D eigenvalue weighted by molar-refractivity contribution is 0.623. The van der Waals surface area contributed by atoms with Gasteiger partial charge in [0.25, 0.3) is 0 Å². The molecule has 0 radical (unpaired) electrons. The van der Waals surface area contributed by atoms with Gasteiger partial charge in [0, 0.05) is 31.5 Å². The van der Waals surface area contributed by atoms with Gasteiger partial charge in [-0.2, -0.15) is 0 Å². The second-order valence-electron chi connectivity index (χ2n) is 4.98. The number of nitrogens with zero attached hydrogens (tertiary/aromatic N) is 1. The van der Waals surface area contributed by atoms with Gasteiger partial charge in [-0.1, -0.05) is 12.1 Å². The summed E-state index contributed by atoms with van der Waals surface area (Å²) in [7, 11) is 0. The zero-order valence-electron chi connectivity index (χ0n) is 10.3. The van der Waals surface area contributed by atoms with Gasteiger partial charge in [0.2, 0.25) is 0 Å². The number of hydrogen-bond donors (Lipinski definition) is 1. The maximum absolute atomic E-state index is 13.1. The third-order valence-electron chi connectivity index (χ3n) is 3.24. The van der Waals surface area contributed by atoms with Crippen LogP contribution in [0.1, 0.15) is 24.0 Å². The van der Waals surface area contributed by atoms with Gasteiger partial charge >= 0.3 is 0 Å². The molecule has 1 saturated carbocycles. The Morgan fingerprint density at radius 3 is 2.89 bits per heavy atom. The van der Waals surface area contributed by atoms with E-state index in [-0.39, 0.29) is 5.82 Å². The standard InChI is InChI=1S/C15H17FN2/c16-14-3-1-2-12(8-14)10-18-7-6-13(11-18)9-17-15-4-5-15/h1-3,6-8,11,15,17H,4-5,9-10H2. The van der Waals surface area contributed by atoms with Crippen LogP contribution < -0.4 is 5.32 Å². The smallest absolute Gasteiger partial charge is 0.123 e. The van der Waals surface area contributed by atoms with Crippen molar-refractivity contribution in [3.05, 3.63) is 59.7 Å². The molecule has 0 atom stereocenters. The van der Waals surface area contributed by atoms with E-state index < -0.39 is 0 Å². The average molecular weight is 244 g/mol. The summed E-state index contributed by atoms with van der Waals surface area (Å²) in [5, 5.41) is 3.49. The molecule has 0 saturated heterocycles. The maximum atomic E-state index is 13.1. The van der Waals surface area contributed by atoms with E-state index in [4.69, 9.17) is 0 Å². The van der Waals surface area contributed by atoms with Crippen molar-refractivity contribution in [1.29, 1.82) is 0 Å². The summed E-state index contributed by atoms with van der Waals surface area (Å²) < 4.78 is 15.2. The van der Waals surface area contributed by atoms with E-state index in [2.05, 4.69) is 28.3 Å². The molecule has 0 aliphatic heterocycles. The van der Waals surface area contributed by atoms with E-state index in [9.17, 15) is 4.39 Å². The highest BCUT2D eigenvalue weighted by Crippen LogP contribution is 2.19. The van der Waals surface area contributed by atoms with Gasteiger partial charge in [-0.05, 0) is 42.2 Å². The molecule has 1 heterocycles. The Morgan fingerprint density at radius 2 is 2.11 bits per heavy atom. The number of rotatable bonds is 5. The van der Waals surface area contributed by atoms with Crippen molar-refractivity contribution < 1.29 is 4.39 Å². The van der Waals surface area contributed by atoms with E-state index in [0.29, 0.717) is 0 Å². The summed E-state index contributed by atoms with van der Waals surface area (Å²) in [5.41, 5.74) is 2.28. The van der Waals surface area contributed by atoms with Gasteiger partial charge in [0.1, 0.15) is 5.82 Å². The van der Waals surface area contributed by atoms with E-state index in [1.807, 2.05) is 6.07 Å². The van der Waals surface area contributed by atoms with Crippen LogP contribution in [0.3, 0.4) is 0 Å². The van der Waals surface area contributed by atoms with E-state index >= 15 is 0 Å². The van der Waals surface area contributed by atoms with Gasteiger partial charge in [-0.3, -0.25) is 0 Å². The molecule has 0 unspecified atom stereocenters. The number of aromatic nitrogens is 1. The first-order valence-electron chi connectivity index (χ1n) is 6.42. The number of hydrogen-bond acceptors (Lipinski definition) is 1. The minimum Gasteiger partial charge on any atom is -0.350 e. The minimum atomic E-state index is -0.171. The van der Waals surface area contributed by atoms with Crippen molar-refractivity contribution in [2.45, 2.75) is 32.0 Å². The van der Waals surface area contributed by atoms with Crippen molar-refractivity contribution in [3.8, 4) is 0 Å². The minimum absolute atomic E-state index is 0.171. The highest BCUT2D eigenvalue weighted by molar-refractivity contribution is 5.18. The van der Waals surface area contributed by atoms with Gasteiger partial charge in [0.15, 0.2) is 0 Å². The summed E-state index contributed by atoms with van der Waals surface area (Å²) in [6.45, 7) is 1.65. The Bertz CT molecular complexity index is 529. The topological polar surface area (TPSA) is 17.0 Å². The van der Waals surface area contributed by atoms with Crippen LogP contribution in [-0.4, -0.2) is 10.6 Å². The van der Waals surface area contributed by atoms with Crippen LogP contribution in [0.25, 0.3) is 0 Å². The summed E-state index contributed by atoms with van der Waals surface area (Å²) in [6.07, 6.45) is 6.79. The van der Waals surface area contributed by atoms with Crippen LogP contribution >= 0.6 is 0 Å². The molecule has 0 bridgehead atoms. The van der Waals surface area contributed by atoms with Gasteiger partial charge < -0.3 is 9.88 Å². The number of halogens is 1. The van der Waals surface area contributed by atoms with Gasteiger partial charge in [-0.15, -0.1) is 0 Å². The van der Waals surface area contributed by atoms with Crippen molar-refractivity contribution in [1.82, 2.24) is 9.88 Å². The first kappa shape index (κ1) is 11.5. The molecular formula is C15H17FN2. The van der Waals surface area contributed by atoms with Gasteiger partial charge in [0.05, 0.1) is 0 Å². The monoisotopic (exact) mass is 244 g/mol. The van der Waals surface area contributed by atoms with Crippen LogP contribution in [0.5, 0.6) is 0 Å². The van der Waals surface area contributed by atoms with Crippen molar-refractivity contribution in [2.75, 3.05) is 0 Å². The number of nitrogens with one attached hydrogen (secondary N) is 1. The predicted octanol–water partition coefficient (Wildman–Crippen LogP) is 2.93. The quantitative estimate of drug-likeness (QED) is 0.855. The SMILES string of the molecule is Fc1cccc(Cn2ccc(CNC3CC3)c2)c1. The summed E-state index contributed by atoms with van der Waals surface area (Å²) in [5.74, 6) is -0.171. The zero-order valence-corrected chi connectivity index (χ0v) is 10.3. The van der Waals surface area contributed by atoms with Crippen molar-refractivity contribution in [2.24, 2.45) is 0 Å². The summed E-state index contributed by atoms with van der Waals surface area (Å²) >= 11 is 0. The van der Waals surface area contributed by atoms with E-state index in [0.717, 1.165) is 24.7 Å². The van der Waals surface area contributed by atoms with Crippen LogP contribution in [0.4, 0.5) is 4.39 Å². The summed E-state index contributed by atoms with van der Waals surface area (Å²) in [4.78, 5) is 0. The molecule has 2 aromatic rings. The molecule has 3 heteroatoms. The molecule has 94 valence electrons. The highest BCUT2D eigenvalue weighted by atomic mass is 19.1. The van der Waals surface area contributed by atoms with E-state index in [1.165, 1.54) is 24.5 Å². The summed E-state index contributed by atoms with van der Waals surface area (Å²) in [6, 6.07) is 9.62. The lowest BCUT2D eigenvalue weighted by Gasteiger charge is -2.03. The molecule has 1 aromatic carbocycles. The first-order valence-corrected chi connectivity index (χ1v) is 6.42. The molecule has 3 rings (SSSR count). The molecule has 1 fully saturated rings. The van der Waals surface area contributed by atoms with Crippen molar-refractivity contribution >= 4 is 0 Å². The largest absolute Gasteiger partial charge is 0.350 e. The van der Waals surface area contributed by atoms with Gasteiger partial charge in [-0.25, -0.2) is 4.39 Å². The Kier molecular flexibility index (Phi) is 3.15. The molecular weight excluding hydrogens is 227 g/mol. The predicted molar refractivity (Wildman–Crippen MR) is 69.8 cm³/mol. The average Bonchev–Trinajstić information content (AvgIpc) is 3.08. The maximum Gasteiger partial charge on any atom is 0.123 e. The van der Waals surface area contributed by atoms with Crippen LogP contribution in [0, 0.1) is 5.82 Å². The molecule has 1 N–H and O–H groups in total. The normalized spacial score (nSPS) is 14.9. The Labute approximate surface area is 106 Å². The Morgan fingerprint density at radius 1 is 1.22 bits per heavy atom. The third-order valence-corrected chi connectivity index (χ3v) is 3.24. The molecule has 1 aromatic heterocycles. The number of benzene rings is 1. The molecule has 0 amide bonds. The second-order valence-corrected chi connectivity index (χ2v) is 4.98. The lowest BCUT2D eigenvalue weighted by Crippen LogP contribution is -2.14.